The summed E-state index contributed by atoms with van der Waals surface area (Å²) in [5.41, 5.74) is -0.478. The molecule has 1 saturated carbocycles. The summed E-state index contributed by atoms with van der Waals surface area (Å²) in [6, 6.07) is 2.20. The van der Waals surface area contributed by atoms with Gasteiger partial charge in [-0.15, -0.1) is 0 Å². The molecule has 114 valence electrons. The lowest BCUT2D eigenvalue weighted by Gasteiger charge is -2.43. The fourth-order valence-electron chi connectivity index (χ4n) is 3.64. The highest BCUT2D eigenvalue weighted by Gasteiger charge is 2.48. The molecule has 0 aromatic rings. The Hall–Kier alpha value is -1.61. The van der Waals surface area contributed by atoms with E-state index in [9.17, 15) is 10.1 Å². The molecule has 6 heteroatoms. The van der Waals surface area contributed by atoms with Crippen LogP contribution in [0.25, 0.3) is 0 Å². The molecule has 1 saturated heterocycles. The number of amides is 1. The fraction of sp³-hybridized carbons (Fsp3) is 0.800. The zero-order chi connectivity index (χ0) is 14.9. The van der Waals surface area contributed by atoms with Gasteiger partial charge in [-0.1, -0.05) is 19.3 Å². The predicted molar refractivity (Wildman–Crippen MR) is 79.6 cm³/mol. The first kappa shape index (κ1) is 14.3. The number of piperazine rings is 1. The number of aliphatic imine (C=N–C) groups is 1. The second kappa shape index (κ2) is 5.64. The summed E-state index contributed by atoms with van der Waals surface area (Å²) < 4.78 is 0. The van der Waals surface area contributed by atoms with E-state index >= 15 is 0 Å². The van der Waals surface area contributed by atoms with Crippen LogP contribution in [0.4, 0.5) is 0 Å². The van der Waals surface area contributed by atoms with E-state index < -0.39 is 11.5 Å². The van der Waals surface area contributed by atoms with Crippen LogP contribution in [0.5, 0.6) is 0 Å². The van der Waals surface area contributed by atoms with Gasteiger partial charge in [-0.2, -0.15) is 5.26 Å². The highest BCUT2D eigenvalue weighted by Crippen LogP contribution is 2.39. The Kier molecular flexibility index (Phi) is 3.85. The van der Waals surface area contributed by atoms with E-state index in [1.54, 1.807) is 0 Å². The lowest BCUT2D eigenvalue weighted by Crippen LogP contribution is -2.60. The zero-order valence-electron chi connectivity index (χ0n) is 12.6. The third-order valence-electron chi connectivity index (χ3n) is 5.01. The highest BCUT2D eigenvalue weighted by atomic mass is 16.2. The maximum absolute atomic E-state index is 12.4. The van der Waals surface area contributed by atoms with Crippen molar-refractivity contribution in [1.29, 1.82) is 5.26 Å². The molecule has 1 spiro atoms. The number of hydrogen-bond donors (Lipinski definition) is 1. The van der Waals surface area contributed by atoms with Gasteiger partial charge in [0.2, 0.25) is 11.9 Å². The molecule has 1 atom stereocenters. The number of carbonyl (C=O) groups excluding carboxylic acids is 1. The maximum Gasteiger partial charge on any atom is 0.246 e. The quantitative estimate of drug-likeness (QED) is 0.707. The SMILES string of the molecule is CN1CCN(C2=NC3(CCCCC3)[C@@H](C#N)C(=O)N2)CC1. The number of likely N-dealkylation sites (N-methyl/N-ethyl adjacent to an activating group) is 1. The van der Waals surface area contributed by atoms with Crippen molar-refractivity contribution in [3.05, 3.63) is 0 Å². The molecule has 0 unspecified atom stereocenters. The topological polar surface area (TPSA) is 71.7 Å². The van der Waals surface area contributed by atoms with Crippen molar-refractivity contribution >= 4 is 11.9 Å². The Morgan fingerprint density at radius 3 is 2.52 bits per heavy atom. The molecule has 2 aliphatic heterocycles. The van der Waals surface area contributed by atoms with Crippen molar-refractivity contribution in [2.24, 2.45) is 10.9 Å². The van der Waals surface area contributed by atoms with E-state index in [0.29, 0.717) is 5.96 Å². The third-order valence-corrected chi connectivity index (χ3v) is 5.01. The van der Waals surface area contributed by atoms with Gasteiger partial charge in [0.1, 0.15) is 0 Å². The molecule has 2 fully saturated rings. The Morgan fingerprint density at radius 1 is 1.24 bits per heavy atom. The fourth-order valence-corrected chi connectivity index (χ4v) is 3.64. The molecule has 1 aliphatic carbocycles. The summed E-state index contributed by atoms with van der Waals surface area (Å²) in [7, 11) is 2.10. The van der Waals surface area contributed by atoms with E-state index in [4.69, 9.17) is 4.99 Å². The Balaban J connectivity index is 1.87. The van der Waals surface area contributed by atoms with Gasteiger partial charge in [0.05, 0.1) is 11.6 Å². The van der Waals surface area contributed by atoms with Crippen LogP contribution >= 0.6 is 0 Å². The Bertz CT molecular complexity index is 481. The van der Waals surface area contributed by atoms with Gasteiger partial charge in [-0.05, 0) is 19.9 Å². The van der Waals surface area contributed by atoms with Gasteiger partial charge in [0.15, 0.2) is 5.92 Å². The monoisotopic (exact) mass is 289 g/mol. The van der Waals surface area contributed by atoms with Crippen molar-refractivity contribution in [1.82, 2.24) is 15.1 Å². The number of nitriles is 1. The van der Waals surface area contributed by atoms with Crippen molar-refractivity contribution in [3.8, 4) is 6.07 Å². The number of carbonyl (C=O) groups is 1. The van der Waals surface area contributed by atoms with Crippen molar-refractivity contribution in [2.75, 3.05) is 33.2 Å². The summed E-state index contributed by atoms with van der Waals surface area (Å²) in [5.74, 6) is -0.0983. The molecule has 0 aromatic heterocycles. The minimum Gasteiger partial charge on any atom is -0.340 e. The van der Waals surface area contributed by atoms with Crippen molar-refractivity contribution in [3.63, 3.8) is 0 Å². The standard InChI is InChI=1S/C15H23N5O/c1-19-7-9-20(10-8-19)14-17-13(21)12(11-16)15(18-14)5-3-2-4-6-15/h12H,2-10H2,1H3,(H,17,18,21)/t12-/m0/s1. The highest BCUT2D eigenvalue weighted by molar-refractivity contribution is 6.02. The van der Waals surface area contributed by atoms with Crippen LogP contribution in [0.15, 0.2) is 4.99 Å². The lowest BCUT2D eigenvalue weighted by atomic mass is 9.72. The molecular weight excluding hydrogens is 266 g/mol. The molecule has 1 amide bonds. The molecule has 6 nitrogen and oxygen atoms in total. The van der Waals surface area contributed by atoms with Crippen LogP contribution in [0.2, 0.25) is 0 Å². The lowest BCUT2D eigenvalue weighted by molar-refractivity contribution is -0.125. The van der Waals surface area contributed by atoms with E-state index in [2.05, 4.69) is 28.2 Å². The molecule has 21 heavy (non-hydrogen) atoms. The number of nitrogens with zero attached hydrogens (tertiary/aromatic N) is 4. The van der Waals surface area contributed by atoms with Gasteiger partial charge in [-0.25, -0.2) is 4.99 Å². The van der Waals surface area contributed by atoms with Gasteiger partial charge in [0.25, 0.3) is 0 Å². The smallest absolute Gasteiger partial charge is 0.246 e. The van der Waals surface area contributed by atoms with Crippen LogP contribution in [0, 0.1) is 17.2 Å². The summed E-state index contributed by atoms with van der Waals surface area (Å²) in [6.07, 6.45) is 5.02. The molecule has 1 N–H and O–H groups in total. The largest absolute Gasteiger partial charge is 0.340 e. The minimum absolute atomic E-state index is 0.164. The molecule has 3 rings (SSSR count). The van der Waals surface area contributed by atoms with Crippen LogP contribution in [0.1, 0.15) is 32.1 Å². The molecule has 3 aliphatic rings. The molecular formula is C15H23N5O. The van der Waals surface area contributed by atoms with Gasteiger partial charge >= 0.3 is 0 Å². The molecule has 0 aromatic carbocycles. The first-order chi connectivity index (χ1) is 10.1. The summed E-state index contributed by atoms with van der Waals surface area (Å²) in [4.78, 5) is 21.7. The average molecular weight is 289 g/mol. The predicted octanol–water partition coefficient (Wildman–Crippen LogP) is 0.562. The zero-order valence-corrected chi connectivity index (χ0v) is 12.6. The third kappa shape index (κ3) is 2.62. The van der Waals surface area contributed by atoms with Gasteiger partial charge in [-0.3, -0.25) is 10.1 Å². The molecule has 2 heterocycles. The summed E-state index contributed by atoms with van der Waals surface area (Å²) in [5, 5.41) is 12.3. The van der Waals surface area contributed by atoms with Crippen molar-refractivity contribution in [2.45, 2.75) is 37.6 Å². The maximum atomic E-state index is 12.4. The van der Waals surface area contributed by atoms with E-state index in [0.717, 1.165) is 51.9 Å². The number of guanidine groups is 1. The second-order valence-corrected chi connectivity index (χ2v) is 6.44. The minimum atomic E-state index is -0.631. The molecule has 0 bridgehead atoms. The normalized spacial score (nSPS) is 29.7. The van der Waals surface area contributed by atoms with Gasteiger partial charge in [0, 0.05) is 26.2 Å². The summed E-state index contributed by atoms with van der Waals surface area (Å²) >= 11 is 0. The second-order valence-electron chi connectivity index (χ2n) is 6.44. The first-order valence-corrected chi connectivity index (χ1v) is 7.88. The van der Waals surface area contributed by atoms with Crippen molar-refractivity contribution < 1.29 is 4.79 Å². The number of hydrogen-bond acceptors (Lipinski definition) is 5. The Labute approximate surface area is 125 Å². The van der Waals surface area contributed by atoms with Gasteiger partial charge < -0.3 is 9.80 Å². The van der Waals surface area contributed by atoms with Crippen LogP contribution < -0.4 is 5.32 Å². The number of rotatable bonds is 0. The number of nitrogens with one attached hydrogen (secondary N) is 1. The van der Waals surface area contributed by atoms with Crippen LogP contribution in [-0.4, -0.2) is 60.4 Å². The van der Waals surface area contributed by atoms with Crippen LogP contribution in [-0.2, 0) is 4.79 Å². The summed E-state index contributed by atoms with van der Waals surface area (Å²) in [6.45, 7) is 3.71. The van der Waals surface area contributed by atoms with E-state index in [-0.39, 0.29) is 5.91 Å². The van der Waals surface area contributed by atoms with E-state index in [1.165, 1.54) is 6.42 Å². The average Bonchev–Trinajstić information content (AvgIpc) is 2.48. The Morgan fingerprint density at radius 2 is 1.90 bits per heavy atom. The van der Waals surface area contributed by atoms with E-state index in [1.807, 2.05) is 0 Å². The van der Waals surface area contributed by atoms with Crippen LogP contribution in [0.3, 0.4) is 0 Å². The molecule has 0 radical (unpaired) electrons. The first-order valence-electron chi connectivity index (χ1n) is 7.88.